The molecule has 8 heteroatoms. The molecule has 0 spiro atoms. The standard InChI is InChI=1S/C26H24O8/c1-29-17-6-4-16(5-7-17)12-13-32-22-15-21-24(25(28)26(22)31-3)20(27)14-23(34-21)33-19-10-8-18(30-2)9-11-19/h4-11,14-15,28H,12-13H2,1-3H3. The zero-order valence-corrected chi connectivity index (χ0v) is 19.0. The van der Waals surface area contributed by atoms with Crippen molar-refractivity contribution < 1.29 is 33.2 Å². The minimum Gasteiger partial charge on any atom is -0.504 e. The van der Waals surface area contributed by atoms with Gasteiger partial charge in [0.2, 0.25) is 11.2 Å². The molecule has 8 nitrogen and oxygen atoms in total. The highest BCUT2D eigenvalue weighted by Gasteiger charge is 2.20. The fourth-order valence-electron chi connectivity index (χ4n) is 3.43. The lowest BCUT2D eigenvalue weighted by Crippen LogP contribution is -2.06. The van der Waals surface area contributed by atoms with E-state index >= 15 is 0 Å². The van der Waals surface area contributed by atoms with Gasteiger partial charge in [0.15, 0.2) is 11.5 Å². The highest BCUT2D eigenvalue weighted by atomic mass is 16.6. The summed E-state index contributed by atoms with van der Waals surface area (Å²) in [6.07, 6.45) is 0.608. The summed E-state index contributed by atoms with van der Waals surface area (Å²) in [6.45, 7) is 0.305. The number of phenolic OH excluding ortho intramolecular Hbond substituents is 1. The summed E-state index contributed by atoms with van der Waals surface area (Å²) in [7, 11) is 4.57. The van der Waals surface area contributed by atoms with E-state index in [1.807, 2.05) is 24.3 Å². The number of ether oxygens (including phenoxy) is 5. The van der Waals surface area contributed by atoms with E-state index in [2.05, 4.69) is 0 Å². The third-order valence-electron chi connectivity index (χ3n) is 5.18. The smallest absolute Gasteiger partial charge is 0.294 e. The van der Waals surface area contributed by atoms with Gasteiger partial charge in [-0.1, -0.05) is 12.1 Å². The van der Waals surface area contributed by atoms with Crippen LogP contribution in [-0.4, -0.2) is 33.0 Å². The first-order valence-electron chi connectivity index (χ1n) is 10.5. The molecular weight excluding hydrogens is 440 g/mol. The van der Waals surface area contributed by atoms with E-state index in [1.165, 1.54) is 13.2 Å². The van der Waals surface area contributed by atoms with Gasteiger partial charge in [-0.15, -0.1) is 0 Å². The molecule has 0 aliphatic heterocycles. The molecule has 0 amide bonds. The summed E-state index contributed by atoms with van der Waals surface area (Å²) in [5.41, 5.74) is 0.672. The van der Waals surface area contributed by atoms with E-state index in [9.17, 15) is 9.90 Å². The lowest BCUT2D eigenvalue weighted by Gasteiger charge is -2.14. The Kier molecular flexibility index (Phi) is 6.77. The Hall–Kier alpha value is -4.33. The summed E-state index contributed by atoms with van der Waals surface area (Å²) in [4.78, 5) is 12.7. The van der Waals surface area contributed by atoms with Gasteiger partial charge < -0.3 is 33.2 Å². The Morgan fingerprint density at radius 2 is 1.44 bits per heavy atom. The number of phenols is 1. The Bertz CT molecular complexity index is 1320. The topological polar surface area (TPSA) is 96.6 Å². The molecule has 4 aromatic rings. The van der Waals surface area contributed by atoms with E-state index < -0.39 is 5.43 Å². The molecule has 0 fully saturated rings. The van der Waals surface area contributed by atoms with E-state index in [-0.39, 0.29) is 34.2 Å². The second-order valence-corrected chi connectivity index (χ2v) is 7.28. The molecule has 0 unspecified atom stereocenters. The normalized spacial score (nSPS) is 10.7. The zero-order chi connectivity index (χ0) is 24.1. The molecule has 3 aromatic carbocycles. The van der Waals surface area contributed by atoms with Gasteiger partial charge in [0, 0.05) is 12.5 Å². The van der Waals surface area contributed by atoms with Crippen molar-refractivity contribution >= 4 is 11.0 Å². The molecule has 0 saturated carbocycles. The fourth-order valence-corrected chi connectivity index (χ4v) is 3.43. The van der Waals surface area contributed by atoms with Gasteiger partial charge in [-0.25, -0.2) is 0 Å². The zero-order valence-electron chi connectivity index (χ0n) is 19.0. The maximum absolute atomic E-state index is 12.7. The van der Waals surface area contributed by atoms with Crippen LogP contribution in [0.15, 0.2) is 69.9 Å². The van der Waals surface area contributed by atoms with Crippen LogP contribution in [0.3, 0.4) is 0 Å². The predicted octanol–water partition coefficient (Wildman–Crippen LogP) is 4.94. The summed E-state index contributed by atoms with van der Waals surface area (Å²) in [5, 5.41) is 10.7. The van der Waals surface area contributed by atoms with Crippen molar-refractivity contribution in [3.05, 3.63) is 76.5 Å². The number of rotatable bonds is 9. The number of benzene rings is 3. The monoisotopic (exact) mass is 464 g/mol. The predicted molar refractivity (Wildman–Crippen MR) is 126 cm³/mol. The second-order valence-electron chi connectivity index (χ2n) is 7.28. The third kappa shape index (κ3) is 4.85. The van der Waals surface area contributed by atoms with Gasteiger partial charge >= 0.3 is 0 Å². The largest absolute Gasteiger partial charge is 0.504 e. The fraction of sp³-hybridized carbons (Fsp3) is 0.192. The van der Waals surface area contributed by atoms with Crippen molar-refractivity contribution in [3.63, 3.8) is 0 Å². The minimum absolute atomic E-state index is 0.0264. The van der Waals surface area contributed by atoms with Gasteiger partial charge in [-0.3, -0.25) is 4.79 Å². The maximum Gasteiger partial charge on any atom is 0.294 e. The van der Waals surface area contributed by atoms with Crippen LogP contribution in [0.1, 0.15) is 5.56 Å². The quantitative estimate of drug-likeness (QED) is 0.372. The van der Waals surface area contributed by atoms with Crippen molar-refractivity contribution in [2.24, 2.45) is 0 Å². The first-order valence-corrected chi connectivity index (χ1v) is 10.5. The molecule has 1 heterocycles. The SMILES string of the molecule is COc1ccc(CCOc2cc3oc(Oc4ccc(OC)cc4)cc(=O)c3c(O)c2OC)cc1. The van der Waals surface area contributed by atoms with Gasteiger partial charge in [0.25, 0.3) is 5.95 Å². The highest BCUT2D eigenvalue weighted by Crippen LogP contribution is 2.42. The van der Waals surface area contributed by atoms with Crippen LogP contribution < -0.4 is 29.1 Å². The molecule has 1 N–H and O–H groups in total. The van der Waals surface area contributed by atoms with Crippen molar-refractivity contribution in [1.29, 1.82) is 0 Å². The Labute approximate surface area is 195 Å². The van der Waals surface area contributed by atoms with Gasteiger partial charge in [0.1, 0.15) is 28.2 Å². The number of methoxy groups -OCH3 is 3. The lowest BCUT2D eigenvalue weighted by molar-refractivity contribution is 0.289. The highest BCUT2D eigenvalue weighted by molar-refractivity contribution is 5.88. The summed E-state index contributed by atoms with van der Waals surface area (Å²) < 4.78 is 32.9. The van der Waals surface area contributed by atoms with Crippen LogP contribution in [0.5, 0.6) is 40.4 Å². The molecule has 0 saturated heterocycles. The Morgan fingerprint density at radius 1 is 0.824 bits per heavy atom. The van der Waals surface area contributed by atoms with E-state index in [1.54, 1.807) is 38.5 Å². The van der Waals surface area contributed by atoms with Crippen LogP contribution in [0, 0.1) is 0 Å². The molecule has 0 bridgehead atoms. The van der Waals surface area contributed by atoms with E-state index in [4.69, 9.17) is 28.1 Å². The molecule has 0 radical (unpaired) electrons. The molecule has 0 atom stereocenters. The Morgan fingerprint density at radius 3 is 2.06 bits per heavy atom. The summed E-state index contributed by atoms with van der Waals surface area (Å²) >= 11 is 0. The Balaban J connectivity index is 1.59. The molecule has 0 aliphatic rings. The van der Waals surface area contributed by atoms with Crippen LogP contribution in [0.2, 0.25) is 0 Å². The van der Waals surface area contributed by atoms with Gasteiger partial charge in [-0.05, 0) is 42.0 Å². The first-order chi connectivity index (χ1) is 16.5. The maximum atomic E-state index is 12.7. The number of hydrogen-bond acceptors (Lipinski definition) is 8. The van der Waals surface area contributed by atoms with E-state index in [0.29, 0.717) is 24.5 Å². The average Bonchev–Trinajstić information content (AvgIpc) is 2.85. The molecule has 1 aromatic heterocycles. The van der Waals surface area contributed by atoms with Crippen molar-refractivity contribution in [2.75, 3.05) is 27.9 Å². The third-order valence-corrected chi connectivity index (χ3v) is 5.18. The van der Waals surface area contributed by atoms with E-state index in [0.717, 1.165) is 17.4 Å². The lowest BCUT2D eigenvalue weighted by atomic mass is 10.1. The second kappa shape index (κ2) is 10.1. The number of hydrogen-bond donors (Lipinski definition) is 1. The summed E-state index contributed by atoms with van der Waals surface area (Å²) in [5.74, 6) is 1.80. The van der Waals surface area contributed by atoms with Gasteiger partial charge in [0.05, 0.1) is 34.0 Å². The minimum atomic E-state index is -0.481. The van der Waals surface area contributed by atoms with Crippen LogP contribution in [0.25, 0.3) is 11.0 Å². The first kappa shape index (κ1) is 22.8. The molecule has 0 aliphatic carbocycles. The van der Waals surface area contributed by atoms with Crippen LogP contribution in [0.4, 0.5) is 0 Å². The number of fused-ring (bicyclic) bond motifs is 1. The molecule has 176 valence electrons. The molecular formula is C26H24O8. The molecule has 34 heavy (non-hydrogen) atoms. The van der Waals surface area contributed by atoms with Crippen molar-refractivity contribution in [2.45, 2.75) is 6.42 Å². The molecule has 4 rings (SSSR count). The average molecular weight is 464 g/mol. The van der Waals surface area contributed by atoms with Gasteiger partial charge in [-0.2, -0.15) is 0 Å². The van der Waals surface area contributed by atoms with Crippen molar-refractivity contribution in [3.8, 4) is 40.4 Å². The van der Waals surface area contributed by atoms with Crippen molar-refractivity contribution in [1.82, 2.24) is 0 Å². The summed E-state index contributed by atoms with van der Waals surface area (Å²) in [6, 6.07) is 17.1. The number of aromatic hydroxyl groups is 1. The van der Waals surface area contributed by atoms with Crippen LogP contribution in [-0.2, 0) is 6.42 Å². The van der Waals surface area contributed by atoms with Crippen LogP contribution >= 0.6 is 0 Å².